The first-order chi connectivity index (χ1) is 16.6. The topological polar surface area (TPSA) is 68.7 Å². The minimum absolute atomic E-state index is 0.155. The van der Waals surface area contributed by atoms with Gasteiger partial charge in [0.05, 0.1) is 17.4 Å². The molecule has 0 spiro atoms. The van der Waals surface area contributed by atoms with Crippen LogP contribution in [0.15, 0.2) is 113 Å². The van der Waals surface area contributed by atoms with Gasteiger partial charge >= 0.3 is 0 Å². The molecule has 0 fully saturated rings. The summed E-state index contributed by atoms with van der Waals surface area (Å²) in [7, 11) is 0. The van der Waals surface area contributed by atoms with E-state index in [9.17, 15) is 5.11 Å². The smallest absolute Gasteiger partial charge is 0.124 e. The molecular weight excluding hydrogens is 512 g/mol. The van der Waals surface area contributed by atoms with Gasteiger partial charge in [0.2, 0.25) is 0 Å². The number of hydrazone groups is 1. The molecule has 7 heteroatoms. The fourth-order valence-corrected chi connectivity index (χ4v) is 3.92. The molecule has 4 rings (SSSR count). The third-order valence-corrected chi connectivity index (χ3v) is 5.94. The lowest BCUT2D eigenvalue weighted by atomic mass is 9.97. The highest BCUT2D eigenvalue weighted by Gasteiger charge is 2.19. The second-order valence-corrected chi connectivity index (χ2v) is 8.99. The van der Waals surface area contributed by atoms with Crippen LogP contribution in [0.2, 0.25) is 5.02 Å². The van der Waals surface area contributed by atoms with Crippen LogP contribution in [-0.4, -0.2) is 10.8 Å². The van der Waals surface area contributed by atoms with Crippen LogP contribution >= 0.6 is 27.5 Å². The fourth-order valence-electron chi connectivity index (χ4n) is 3.43. The van der Waals surface area contributed by atoms with E-state index in [1.807, 2.05) is 91.0 Å². The van der Waals surface area contributed by atoms with Crippen LogP contribution in [-0.2, 0) is 0 Å². The van der Waals surface area contributed by atoms with Crippen molar-refractivity contribution in [1.82, 2.24) is 5.43 Å². The Balaban J connectivity index is 1.67. The van der Waals surface area contributed by atoms with Crippen molar-refractivity contribution in [3.63, 3.8) is 0 Å². The molecule has 0 saturated heterocycles. The summed E-state index contributed by atoms with van der Waals surface area (Å²) in [6.45, 7) is 0. The Morgan fingerprint density at radius 3 is 2.18 bits per heavy atom. The number of rotatable bonds is 9. The van der Waals surface area contributed by atoms with Gasteiger partial charge in [-0.05, 0) is 60.2 Å². The highest BCUT2D eigenvalue weighted by Crippen LogP contribution is 2.28. The predicted molar refractivity (Wildman–Crippen MR) is 144 cm³/mol. The number of para-hydroxylation sites is 2. The van der Waals surface area contributed by atoms with E-state index in [4.69, 9.17) is 16.7 Å². The lowest BCUT2D eigenvalue weighted by molar-refractivity contribution is 0.473. The van der Waals surface area contributed by atoms with Crippen molar-refractivity contribution < 1.29 is 5.11 Å². The molecule has 0 aromatic heterocycles. The number of hydrogen-bond acceptors (Lipinski definition) is 5. The minimum Gasteiger partial charge on any atom is -0.507 e. The molecule has 4 N–H and O–H groups in total. The highest BCUT2D eigenvalue weighted by atomic mass is 79.9. The molecule has 4 aromatic rings. The Morgan fingerprint density at radius 2 is 1.50 bits per heavy atom. The van der Waals surface area contributed by atoms with Gasteiger partial charge in [-0.25, -0.2) is 5.43 Å². The van der Waals surface area contributed by atoms with Crippen molar-refractivity contribution in [2.75, 3.05) is 10.9 Å². The highest BCUT2D eigenvalue weighted by molar-refractivity contribution is 9.10. The zero-order chi connectivity index (χ0) is 23.8. The number of phenolic OH excluding ortho intramolecular Hbond substituents is 1. The molecule has 0 radical (unpaired) electrons. The van der Waals surface area contributed by atoms with E-state index in [1.54, 1.807) is 12.1 Å². The van der Waals surface area contributed by atoms with Gasteiger partial charge in [-0.15, -0.1) is 0 Å². The van der Waals surface area contributed by atoms with Crippen LogP contribution in [0.4, 0.5) is 11.4 Å². The maximum atomic E-state index is 10.6. The molecule has 4 aromatic carbocycles. The van der Waals surface area contributed by atoms with E-state index in [1.165, 1.54) is 0 Å². The van der Waals surface area contributed by atoms with Gasteiger partial charge in [0, 0.05) is 27.2 Å². The number of aromatic hydroxyl groups is 1. The molecule has 0 unspecified atom stereocenters. The molecule has 172 valence electrons. The van der Waals surface area contributed by atoms with E-state index in [-0.39, 0.29) is 11.8 Å². The van der Waals surface area contributed by atoms with Crippen LogP contribution in [0.3, 0.4) is 0 Å². The zero-order valence-electron chi connectivity index (χ0n) is 18.2. The number of nitrogens with one attached hydrogen (secondary N) is 3. The molecule has 0 saturated carbocycles. The summed E-state index contributed by atoms with van der Waals surface area (Å²) in [6, 6.07) is 32.4. The van der Waals surface area contributed by atoms with E-state index in [0.29, 0.717) is 22.7 Å². The van der Waals surface area contributed by atoms with Gasteiger partial charge in [0.1, 0.15) is 5.75 Å². The molecule has 0 aliphatic carbocycles. The van der Waals surface area contributed by atoms with Crippen molar-refractivity contribution in [1.29, 1.82) is 0 Å². The van der Waals surface area contributed by atoms with Crippen LogP contribution in [0, 0.1) is 0 Å². The fraction of sp³-hybridized carbons (Fsp3) is 0.0741. The molecule has 0 amide bonds. The predicted octanol–water partition coefficient (Wildman–Crippen LogP) is 7.37. The number of nitrogens with zero attached hydrogens (tertiary/aromatic N) is 1. The van der Waals surface area contributed by atoms with E-state index >= 15 is 0 Å². The Bertz CT molecular complexity index is 1230. The van der Waals surface area contributed by atoms with Crippen molar-refractivity contribution in [3.05, 3.63) is 124 Å². The summed E-state index contributed by atoms with van der Waals surface area (Å²) < 4.78 is 0.853. The van der Waals surface area contributed by atoms with Crippen LogP contribution < -0.4 is 16.3 Å². The van der Waals surface area contributed by atoms with Gasteiger partial charge < -0.3 is 10.5 Å². The molecule has 34 heavy (non-hydrogen) atoms. The third kappa shape index (κ3) is 6.60. The Morgan fingerprint density at radius 1 is 0.853 bits per heavy atom. The summed E-state index contributed by atoms with van der Waals surface area (Å²) in [5.74, 6) is 0.155. The molecule has 1 atom stereocenters. The van der Waals surface area contributed by atoms with Gasteiger partial charge in [-0.1, -0.05) is 76.1 Å². The lowest BCUT2D eigenvalue weighted by Crippen LogP contribution is -2.29. The number of anilines is 2. The summed E-state index contributed by atoms with van der Waals surface area (Å²) >= 11 is 9.65. The zero-order valence-corrected chi connectivity index (χ0v) is 20.6. The Hall–Kier alpha value is -3.32. The molecule has 0 heterocycles. The average molecular weight is 536 g/mol. The van der Waals surface area contributed by atoms with Crippen molar-refractivity contribution in [2.45, 2.75) is 12.5 Å². The lowest BCUT2D eigenvalue weighted by Gasteiger charge is -2.22. The molecule has 0 aliphatic heterocycles. The summed E-state index contributed by atoms with van der Waals surface area (Å²) in [6.07, 6.45) is 0.477. The second kappa shape index (κ2) is 11.7. The first-order valence-corrected chi connectivity index (χ1v) is 11.9. The maximum absolute atomic E-state index is 10.6. The first kappa shape index (κ1) is 23.8. The third-order valence-electron chi connectivity index (χ3n) is 5.20. The summed E-state index contributed by atoms with van der Waals surface area (Å²) in [4.78, 5) is 0. The number of benzene rings is 4. The minimum atomic E-state index is -0.174. The Kier molecular flexibility index (Phi) is 8.20. The summed E-state index contributed by atoms with van der Waals surface area (Å²) in [5.41, 5.74) is 14.0. The second-order valence-electron chi connectivity index (χ2n) is 7.64. The van der Waals surface area contributed by atoms with Gasteiger partial charge in [-0.3, -0.25) is 5.43 Å². The van der Waals surface area contributed by atoms with Crippen LogP contribution in [0.1, 0.15) is 23.6 Å². The van der Waals surface area contributed by atoms with Crippen LogP contribution in [0.5, 0.6) is 5.75 Å². The van der Waals surface area contributed by atoms with E-state index in [2.05, 4.69) is 32.2 Å². The number of hydrogen-bond donors (Lipinski definition) is 4. The number of hydrazine groups is 1. The van der Waals surface area contributed by atoms with Gasteiger partial charge in [-0.2, -0.15) is 5.10 Å². The monoisotopic (exact) mass is 534 g/mol. The average Bonchev–Trinajstić information content (AvgIpc) is 2.87. The molecule has 0 aliphatic rings. The van der Waals surface area contributed by atoms with Crippen molar-refractivity contribution >= 4 is 44.6 Å². The normalized spacial score (nSPS) is 12.2. The van der Waals surface area contributed by atoms with E-state index < -0.39 is 0 Å². The van der Waals surface area contributed by atoms with Gasteiger partial charge in [0.15, 0.2) is 0 Å². The van der Waals surface area contributed by atoms with Crippen molar-refractivity contribution in [3.8, 4) is 5.75 Å². The summed E-state index contributed by atoms with van der Waals surface area (Å²) in [5, 5.41) is 16.0. The SMILES string of the molecule is Oc1ccc(Br)cc1/C(C[C@H](NNc1ccccc1)c1ccc(Cl)cc1)=N/Nc1ccccc1. The number of halogens is 2. The first-order valence-electron chi connectivity index (χ1n) is 10.8. The molecule has 0 bridgehead atoms. The van der Waals surface area contributed by atoms with Crippen molar-refractivity contribution in [2.24, 2.45) is 5.10 Å². The Labute approximate surface area is 212 Å². The van der Waals surface area contributed by atoms with E-state index in [0.717, 1.165) is 21.4 Å². The number of phenols is 1. The standard InChI is InChI=1S/C27H24BrClN4O/c28-20-13-16-27(34)24(17-20)26(33-31-23-9-5-2-6-10-23)18-25(19-11-14-21(29)15-12-19)32-30-22-7-3-1-4-8-22/h1-17,25,30-32,34H,18H2/b33-26+/t25-/m0/s1. The largest absolute Gasteiger partial charge is 0.507 e. The molecular formula is C27H24BrClN4O. The molecule has 5 nitrogen and oxygen atoms in total. The quantitative estimate of drug-likeness (QED) is 0.133. The maximum Gasteiger partial charge on any atom is 0.124 e. The van der Waals surface area contributed by atoms with Crippen LogP contribution in [0.25, 0.3) is 0 Å². The van der Waals surface area contributed by atoms with Gasteiger partial charge in [0.25, 0.3) is 0 Å².